The number of aliphatic carboxylic acids is 1. The lowest BCUT2D eigenvalue weighted by Crippen LogP contribution is -2.49. The van der Waals surface area contributed by atoms with Crippen LogP contribution >= 0.6 is 0 Å². The van der Waals surface area contributed by atoms with Crippen LogP contribution in [0.15, 0.2) is 0 Å². The van der Waals surface area contributed by atoms with Crippen LogP contribution in [0.2, 0.25) is 0 Å². The quantitative estimate of drug-likeness (QED) is 0.659. The smallest absolute Gasteiger partial charge is 0.407 e. The summed E-state index contributed by atoms with van der Waals surface area (Å²) < 4.78 is 9.17. The Morgan fingerprint density at radius 3 is 2.72 bits per heavy atom. The molecule has 2 atom stereocenters. The van der Waals surface area contributed by atoms with Crippen molar-refractivity contribution in [3.05, 3.63) is 0 Å². The van der Waals surface area contributed by atoms with E-state index in [9.17, 15) is 14.4 Å². The lowest BCUT2D eigenvalue weighted by Gasteiger charge is -2.23. The minimum absolute atomic E-state index is 0.0913. The second-order valence-electron chi connectivity index (χ2n) is 3.82. The first-order chi connectivity index (χ1) is 8.51. The number of nitrogens with zero attached hydrogens (tertiary/aromatic N) is 1. The molecule has 0 saturated carbocycles. The van der Waals surface area contributed by atoms with Crippen molar-refractivity contribution in [1.29, 1.82) is 0 Å². The Hall–Kier alpha value is -1.83. The van der Waals surface area contributed by atoms with Crippen molar-refractivity contribution in [3.63, 3.8) is 0 Å². The Bertz CT molecular complexity index is 345. The molecule has 2 amide bonds. The van der Waals surface area contributed by atoms with Crippen molar-refractivity contribution in [2.45, 2.75) is 18.5 Å². The highest BCUT2D eigenvalue weighted by atomic mass is 16.5. The Labute approximate surface area is 104 Å². The lowest BCUT2D eigenvalue weighted by atomic mass is 10.2. The monoisotopic (exact) mass is 260 g/mol. The van der Waals surface area contributed by atoms with E-state index in [1.807, 2.05) is 0 Å². The lowest BCUT2D eigenvalue weighted by molar-refractivity contribution is -0.150. The van der Waals surface area contributed by atoms with Crippen LogP contribution in [-0.4, -0.2) is 67.4 Å². The summed E-state index contributed by atoms with van der Waals surface area (Å²) in [4.78, 5) is 35.1. The second-order valence-corrected chi connectivity index (χ2v) is 3.82. The van der Waals surface area contributed by atoms with Crippen molar-refractivity contribution in [2.75, 3.05) is 27.4 Å². The molecule has 1 aliphatic rings. The zero-order chi connectivity index (χ0) is 13.7. The van der Waals surface area contributed by atoms with Gasteiger partial charge < -0.3 is 24.8 Å². The number of amides is 2. The SMILES string of the molecule is COC[C@@H](C(=O)O)N1CC[C@H](NC(=O)OC)C1=O. The molecule has 0 aliphatic carbocycles. The fraction of sp³-hybridized carbons (Fsp3) is 0.700. The van der Waals surface area contributed by atoms with Gasteiger partial charge in [-0.1, -0.05) is 0 Å². The molecule has 1 aliphatic heterocycles. The zero-order valence-corrected chi connectivity index (χ0v) is 10.2. The first-order valence-corrected chi connectivity index (χ1v) is 5.38. The normalized spacial score (nSPS) is 20.7. The minimum atomic E-state index is -1.14. The third kappa shape index (κ3) is 3.10. The molecule has 0 spiro atoms. The van der Waals surface area contributed by atoms with E-state index in [1.165, 1.54) is 19.1 Å². The number of ether oxygens (including phenoxy) is 2. The molecule has 0 radical (unpaired) electrons. The highest BCUT2D eigenvalue weighted by Crippen LogP contribution is 2.15. The van der Waals surface area contributed by atoms with Gasteiger partial charge >= 0.3 is 12.1 Å². The van der Waals surface area contributed by atoms with Gasteiger partial charge in [0.1, 0.15) is 6.04 Å². The first-order valence-electron chi connectivity index (χ1n) is 5.38. The molecule has 8 nitrogen and oxygen atoms in total. The van der Waals surface area contributed by atoms with E-state index in [4.69, 9.17) is 9.84 Å². The van der Waals surface area contributed by atoms with Crippen LogP contribution in [0, 0.1) is 0 Å². The maximum Gasteiger partial charge on any atom is 0.407 e. The minimum Gasteiger partial charge on any atom is -0.480 e. The summed E-state index contributed by atoms with van der Waals surface area (Å²) in [7, 11) is 2.55. The van der Waals surface area contributed by atoms with Gasteiger partial charge in [-0.3, -0.25) is 4.79 Å². The second kappa shape index (κ2) is 6.20. The van der Waals surface area contributed by atoms with Gasteiger partial charge in [0.2, 0.25) is 5.91 Å². The molecule has 1 heterocycles. The topological polar surface area (TPSA) is 105 Å². The number of hydrogen-bond acceptors (Lipinski definition) is 5. The predicted octanol–water partition coefficient (Wildman–Crippen LogP) is -0.957. The van der Waals surface area contributed by atoms with Crippen LogP contribution in [-0.2, 0) is 19.1 Å². The Kier molecular flexibility index (Phi) is 4.90. The largest absolute Gasteiger partial charge is 0.480 e. The van der Waals surface area contributed by atoms with Crippen molar-refractivity contribution in [2.24, 2.45) is 0 Å². The molecule has 0 aromatic carbocycles. The van der Waals surface area contributed by atoms with E-state index in [-0.39, 0.29) is 13.2 Å². The van der Waals surface area contributed by atoms with Crippen LogP contribution in [0.1, 0.15) is 6.42 Å². The summed E-state index contributed by atoms with van der Waals surface area (Å²) in [6, 6.07) is -1.77. The van der Waals surface area contributed by atoms with E-state index in [1.54, 1.807) is 0 Å². The molecular weight excluding hydrogens is 244 g/mol. The standard InChI is InChI=1S/C10H16N2O6/c1-17-5-7(9(14)15)12-4-3-6(8(12)13)11-10(16)18-2/h6-7H,3-5H2,1-2H3,(H,11,16)(H,14,15)/t6-,7-/m0/s1. The summed E-state index contributed by atoms with van der Waals surface area (Å²) in [5.74, 6) is -1.58. The number of rotatable bonds is 5. The van der Waals surface area contributed by atoms with E-state index < -0.39 is 30.1 Å². The molecule has 0 aromatic rings. The average Bonchev–Trinajstić information content (AvgIpc) is 2.67. The van der Waals surface area contributed by atoms with E-state index in [0.29, 0.717) is 6.42 Å². The average molecular weight is 260 g/mol. The molecule has 0 bridgehead atoms. The molecule has 102 valence electrons. The number of carboxylic acids is 1. The van der Waals surface area contributed by atoms with E-state index in [0.717, 1.165) is 0 Å². The third-order valence-electron chi connectivity index (χ3n) is 2.70. The molecule has 1 saturated heterocycles. The number of nitrogens with one attached hydrogen (secondary N) is 1. The van der Waals surface area contributed by atoms with Crippen LogP contribution < -0.4 is 5.32 Å². The Morgan fingerprint density at radius 1 is 1.56 bits per heavy atom. The summed E-state index contributed by atoms with van der Waals surface area (Å²) in [5, 5.41) is 11.4. The Morgan fingerprint density at radius 2 is 2.22 bits per heavy atom. The van der Waals surface area contributed by atoms with Gasteiger partial charge in [-0.05, 0) is 6.42 Å². The van der Waals surface area contributed by atoms with Crippen molar-refractivity contribution < 1.29 is 29.0 Å². The first kappa shape index (κ1) is 14.2. The van der Waals surface area contributed by atoms with Crippen molar-refractivity contribution >= 4 is 18.0 Å². The number of carbonyl (C=O) groups is 3. The van der Waals surface area contributed by atoms with Gasteiger partial charge in [0.15, 0.2) is 6.04 Å². The van der Waals surface area contributed by atoms with Gasteiger partial charge in [0.25, 0.3) is 0 Å². The maximum absolute atomic E-state index is 11.9. The van der Waals surface area contributed by atoms with Crippen molar-refractivity contribution in [3.8, 4) is 0 Å². The van der Waals surface area contributed by atoms with Crippen LogP contribution in [0.25, 0.3) is 0 Å². The molecule has 1 rings (SSSR count). The fourth-order valence-electron chi connectivity index (χ4n) is 1.80. The molecule has 2 N–H and O–H groups in total. The number of likely N-dealkylation sites (tertiary alicyclic amines) is 1. The number of carbonyl (C=O) groups excluding carboxylic acids is 2. The molecule has 1 fully saturated rings. The van der Waals surface area contributed by atoms with Gasteiger partial charge in [-0.15, -0.1) is 0 Å². The Balaban J connectivity index is 2.67. The molecule has 8 heteroatoms. The van der Waals surface area contributed by atoms with Crippen molar-refractivity contribution in [1.82, 2.24) is 10.2 Å². The predicted molar refractivity (Wildman–Crippen MR) is 59.0 cm³/mol. The molecule has 18 heavy (non-hydrogen) atoms. The number of carboxylic acid groups (broad SMARTS) is 1. The van der Waals surface area contributed by atoms with Crippen LogP contribution in [0.4, 0.5) is 4.79 Å². The van der Waals surface area contributed by atoms with Crippen LogP contribution in [0.5, 0.6) is 0 Å². The highest BCUT2D eigenvalue weighted by molar-refractivity contribution is 5.91. The molecular formula is C10H16N2O6. The number of methoxy groups -OCH3 is 2. The highest BCUT2D eigenvalue weighted by Gasteiger charge is 2.39. The molecule has 0 unspecified atom stereocenters. The maximum atomic E-state index is 11.9. The fourth-order valence-corrected chi connectivity index (χ4v) is 1.80. The van der Waals surface area contributed by atoms with Gasteiger partial charge in [-0.2, -0.15) is 0 Å². The number of alkyl carbamates (subject to hydrolysis) is 1. The third-order valence-corrected chi connectivity index (χ3v) is 2.70. The number of hydrogen-bond donors (Lipinski definition) is 2. The van der Waals surface area contributed by atoms with Gasteiger partial charge in [0, 0.05) is 13.7 Å². The summed E-state index contributed by atoms with van der Waals surface area (Å²) >= 11 is 0. The summed E-state index contributed by atoms with van der Waals surface area (Å²) in [6.07, 6.45) is -0.365. The van der Waals surface area contributed by atoms with Gasteiger partial charge in [-0.25, -0.2) is 9.59 Å². The summed E-state index contributed by atoms with van der Waals surface area (Å²) in [6.45, 7) is 0.167. The summed E-state index contributed by atoms with van der Waals surface area (Å²) in [5.41, 5.74) is 0. The van der Waals surface area contributed by atoms with E-state index in [2.05, 4.69) is 10.1 Å². The van der Waals surface area contributed by atoms with E-state index >= 15 is 0 Å². The zero-order valence-electron chi connectivity index (χ0n) is 10.2. The molecule has 0 aromatic heterocycles. The van der Waals surface area contributed by atoms with Crippen LogP contribution in [0.3, 0.4) is 0 Å². The van der Waals surface area contributed by atoms with Gasteiger partial charge in [0.05, 0.1) is 13.7 Å².